The maximum atomic E-state index is 10.7. The van der Waals surface area contributed by atoms with E-state index in [1.54, 1.807) is 0 Å². The van der Waals surface area contributed by atoms with Crippen LogP contribution in [0.4, 0.5) is 0 Å². The quantitative estimate of drug-likeness (QED) is 0.637. The molecule has 6 heteroatoms. The van der Waals surface area contributed by atoms with Crippen molar-refractivity contribution in [2.45, 2.75) is 0 Å². The topological polar surface area (TPSA) is 89.6 Å². The van der Waals surface area contributed by atoms with Gasteiger partial charge in [-0.05, 0) is 0 Å². The van der Waals surface area contributed by atoms with E-state index in [9.17, 15) is 9.59 Å². The van der Waals surface area contributed by atoms with Gasteiger partial charge in [-0.3, -0.25) is 0 Å². The highest BCUT2D eigenvalue weighted by Crippen LogP contribution is 2.04. The zero-order chi connectivity index (χ0) is 9.14. The third-order valence-electron chi connectivity index (χ3n) is 1.12. The Morgan fingerprint density at radius 2 is 2.33 bits per heavy atom. The molecule has 0 bridgehead atoms. The van der Waals surface area contributed by atoms with Gasteiger partial charge in [0.25, 0.3) is 0 Å². The molecule has 1 aromatic rings. The van der Waals surface area contributed by atoms with Gasteiger partial charge in [-0.15, -0.1) is 0 Å². The van der Waals surface area contributed by atoms with Crippen molar-refractivity contribution in [2.24, 2.45) is 0 Å². The van der Waals surface area contributed by atoms with Crippen molar-refractivity contribution in [2.75, 3.05) is 7.11 Å². The summed E-state index contributed by atoms with van der Waals surface area (Å²) in [5.74, 6) is -2.24. The number of carboxylic acids is 1. The Morgan fingerprint density at radius 3 is 2.75 bits per heavy atom. The lowest BCUT2D eigenvalue weighted by molar-refractivity contribution is 0.0552. The summed E-state index contributed by atoms with van der Waals surface area (Å²) in [7, 11) is 1.16. The fourth-order valence-corrected chi connectivity index (χ4v) is 0.573. The Kier molecular flexibility index (Phi) is 2.09. The minimum Gasteiger partial charge on any atom is -0.476 e. The highest BCUT2D eigenvalue weighted by atomic mass is 16.5. The molecule has 0 aliphatic carbocycles. The largest absolute Gasteiger partial charge is 0.476 e. The van der Waals surface area contributed by atoms with Gasteiger partial charge in [0.15, 0.2) is 5.69 Å². The SMILES string of the molecule is COC(=O)c1cc(C(=O)O)no1. The number of hydrogen-bond acceptors (Lipinski definition) is 5. The molecule has 0 amide bonds. The lowest BCUT2D eigenvalue weighted by Gasteiger charge is -1.88. The van der Waals surface area contributed by atoms with Gasteiger partial charge in [0.1, 0.15) is 0 Å². The molecule has 0 fully saturated rings. The minimum absolute atomic E-state index is 0.227. The summed E-state index contributed by atoms with van der Waals surface area (Å²) in [5.41, 5.74) is -0.324. The molecule has 6 nitrogen and oxygen atoms in total. The molecular weight excluding hydrogens is 166 g/mol. The van der Waals surface area contributed by atoms with Crippen LogP contribution in [0.15, 0.2) is 10.6 Å². The van der Waals surface area contributed by atoms with Crippen molar-refractivity contribution >= 4 is 11.9 Å². The number of ether oxygens (including phenoxy) is 1. The summed E-state index contributed by atoms with van der Waals surface area (Å²) in [6, 6.07) is 0.994. The zero-order valence-corrected chi connectivity index (χ0v) is 6.10. The van der Waals surface area contributed by atoms with Gasteiger partial charge >= 0.3 is 11.9 Å². The summed E-state index contributed by atoms with van der Waals surface area (Å²) in [5, 5.41) is 11.5. The van der Waals surface area contributed by atoms with Crippen molar-refractivity contribution in [3.8, 4) is 0 Å². The monoisotopic (exact) mass is 171 g/mol. The Labute approximate surface area is 66.7 Å². The van der Waals surface area contributed by atoms with E-state index in [0.29, 0.717) is 0 Å². The van der Waals surface area contributed by atoms with Gasteiger partial charge in [-0.25, -0.2) is 9.59 Å². The Hall–Kier alpha value is -1.85. The number of methoxy groups -OCH3 is 1. The van der Waals surface area contributed by atoms with Gasteiger partial charge < -0.3 is 14.4 Å². The molecule has 12 heavy (non-hydrogen) atoms. The molecule has 1 rings (SSSR count). The second kappa shape index (κ2) is 3.04. The van der Waals surface area contributed by atoms with Crippen LogP contribution >= 0.6 is 0 Å². The predicted octanol–water partition coefficient (Wildman–Crippen LogP) is 0.159. The molecule has 0 saturated carbocycles. The molecule has 64 valence electrons. The summed E-state index contributed by atoms with van der Waals surface area (Å²) in [6.07, 6.45) is 0. The first kappa shape index (κ1) is 8.25. The number of aromatic nitrogens is 1. The summed E-state index contributed by atoms with van der Waals surface area (Å²) >= 11 is 0. The maximum absolute atomic E-state index is 10.7. The number of hydrogen-bond donors (Lipinski definition) is 1. The molecule has 0 radical (unpaired) electrons. The molecule has 0 saturated heterocycles. The number of carboxylic acid groups (broad SMARTS) is 1. The Balaban J connectivity index is 2.91. The Morgan fingerprint density at radius 1 is 1.67 bits per heavy atom. The average molecular weight is 171 g/mol. The highest BCUT2D eigenvalue weighted by Gasteiger charge is 2.16. The minimum atomic E-state index is -1.26. The van der Waals surface area contributed by atoms with Gasteiger partial charge in [0.05, 0.1) is 7.11 Å². The standard InChI is InChI=1S/C6H5NO5/c1-11-6(10)4-2-3(5(8)9)7-12-4/h2H,1H3,(H,8,9). The van der Waals surface area contributed by atoms with Crippen molar-refractivity contribution in [3.05, 3.63) is 17.5 Å². The van der Waals surface area contributed by atoms with Crippen molar-refractivity contribution < 1.29 is 24.0 Å². The number of aromatic carboxylic acids is 1. The number of nitrogens with zero attached hydrogens (tertiary/aromatic N) is 1. The van der Waals surface area contributed by atoms with E-state index in [1.807, 2.05) is 0 Å². The second-order valence-corrected chi connectivity index (χ2v) is 1.87. The van der Waals surface area contributed by atoms with Gasteiger partial charge in [0, 0.05) is 6.07 Å². The van der Waals surface area contributed by atoms with Crippen LogP contribution in [0.2, 0.25) is 0 Å². The van der Waals surface area contributed by atoms with E-state index in [0.717, 1.165) is 13.2 Å². The van der Waals surface area contributed by atoms with Crippen LogP contribution in [0, 0.1) is 0 Å². The normalized spacial score (nSPS) is 9.42. The van der Waals surface area contributed by atoms with Crippen LogP contribution in [0.1, 0.15) is 21.0 Å². The second-order valence-electron chi connectivity index (χ2n) is 1.87. The van der Waals surface area contributed by atoms with Crippen molar-refractivity contribution in [1.29, 1.82) is 0 Å². The number of carbonyl (C=O) groups excluding carboxylic acids is 1. The highest BCUT2D eigenvalue weighted by molar-refractivity contribution is 5.91. The first-order valence-electron chi connectivity index (χ1n) is 2.93. The van der Waals surface area contributed by atoms with E-state index >= 15 is 0 Å². The van der Waals surface area contributed by atoms with Crippen LogP contribution in [0.3, 0.4) is 0 Å². The lowest BCUT2D eigenvalue weighted by Crippen LogP contribution is -1.99. The average Bonchev–Trinajstić information content (AvgIpc) is 2.51. The first-order chi connectivity index (χ1) is 5.65. The van der Waals surface area contributed by atoms with E-state index < -0.39 is 11.9 Å². The molecule has 0 aliphatic rings. The third-order valence-corrected chi connectivity index (χ3v) is 1.12. The molecule has 0 aliphatic heterocycles. The van der Waals surface area contributed by atoms with Gasteiger partial charge in [0.2, 0.25) is 5.76 Å². The molecule has 1 N–H and O–H groups in total. The van der Waals surface area contributed by atoms with Gasteiger partial charge in [-0.1, -0.05) is 5.16 Å². The molecule has 0 spiro atoms. The number of esters is 1. The zero-order valence-electron chi connectivity index (χ0n) is 6.10. The van der Waals surface area contributed by atoms with E-state index in [1.165, 1.54) is 0 Å². The van der Waals surface area contributed by atoms with Crippen LogP contribution in [0.25, 0.3) is 0 Å². The van der Waals surface area contributed by atoms with Crippen molar-refractivity contribution in [3.63, 3.8) is 0 Å². The number of carbonyl (C=O) groups is 2. The molecular formula is C6H5NO5. The lowest BCUT2D eigenvalue weighted by atomic mass is 10.4. The first-order valence-corrected chi connectivity index (χ1v) is 2.93. The number of rotatable bonds is 2. The molecule has 0 atom stereocenters. The summed E-state index contributed by atoms with van der Waals surface area (Å²) in [6.45, 7) is 0. The fourth-order valence-electron chi connectivity index (χ4n) is 0.573. The van der Waals surface area contributed by atoms with Gasteiger partial charge in [-0.2, -0.15) is 0 Å². The van der Waals surface area contributed by atoms with E-state index in [-0.39, 0.29) is 11.5 Å². The van der Waals surface area contributed by atoms with Crippen LogP contribution in [0.5, 0.6) is 0 Å². The fraction of sp³-hybridized carbons (Fsp3) is 0.167. The summed E-state index contributed by atoms with van der Waals surface area (Å²) in [4.78, 5) is 21.0. The smallest absolute Gasteiger partial charge is 0.376 e. The van der Waals surface area contributed by atoms with Crippen LogP contribution in [-0.2, 0) is 4.74 Å². The maximum Gasteiger partial charge on any atom is 0.376 e. The van der Waals surface area contributed by atoms with Crippen LogP contribution in [-0.4, -0.2) is 29.3 Å². The third kappa shape index (κ3) is 1.42. The van der Waals surface area contributed by atoms with Crippen molar-refractivity contribution in [1.82, 2.24) is 5.16 Å². The van der Waals surface area contributed by atoms with E-state index in [4.69, 9.17) is 5.11 Å². The van der Waals surface area contributed by atoms with E-state index in [2.05, 4.69) is 14.4 Å². The molecule has 0 unspecified atom stereocenters. The van der Waals surface area contributed by atoms with Crippen LogP contribution < -0.4 is 0 Å². The Bertz CT molecular complexity index is 315. The molecule has 1 heterocycles. The summed E-state index contributed by atoms with van der Waals surface area (Å²) < 4.78 is 8.64. The predicted molar refractivity (Wildman–Crippen MR) is 34.8 cm³/mol. The molecule has 0 aromatic carbocycles. The molecule has 1 aromatic heterocycles.